The van der Waals surface area contributed by atoms with Crippen LogP contribution in [0.15, 0.2) is 18.1 Å². The number of hydrogen-bond donors (Lipinski definition) is 2. The molecule has 3 N–H and O–H groups in total. The standard InChI is InChI=1S/C8H12FN3O/c1-5(2)7(9)8(13)12-6(10)3-4-11-12/h3-5,13H,10H2,1-2H3/b8-7-. The van der Waals surface area contributed by atoms with Gasteiger partial charge in [0.15, 0.2) is 5.83 Å². The summed E-state index contributed by atoms with van der Waals surface area (Å²) in [6.45, 7) is 3.26. The topological polar surface area (TPSA) is 64.1 Å². The molecule has 0 amide bonds. The molecule has 0 bridgehead atoms. The minimum atomic E-state index is -0.629. The third kappa shape index (κ3) is 1.80. The number of aliphatic hydroxyl groups is 1. The molecule has 4 nitrogen and oxygen atoms in total. The fourth-order valence-electron chi connectivity index (χ4n) is 0.850. The van der Waals surface area contributed by atoms with E-state index in [0.717, 1.165) is 4.68 Å². The van der Waals surface area contributed by atoms with Gasteiger partial charge in [-0.2, -0.15) is 9.78 Å². The second kappa shape index (κ2) is 3.47. The zero-order valence-corrected chi connectivity index (χ0v) is 7.53. The van der Waals surface area contributed by atoms with Crippen molar-refractivity contribution < 1.29 is 9.50 Å². The van der Waals surface area contributed by atoms with Crippen LogP contribution >= 0.6 is 0 Å². The van der Waals surface area contributed by atoms with Crippen molar-refractivity contribution in [3.63, 3.8) is 0 Å². The lowest BCUT2D eigenvalue weighted by Crippen LogP contribution is -2.06. The van der Waals surface area contributed by atoms with Crippen LogP contribution in [0.1, 0.15) is 13.8 Å². The number of hydrogen-bond acceptors (Lipinski definition) is 3. The van der Waals surface area contributed by atoms with Gasteiger partial charge in [-0.15, -0.1) is 0 Å². The van der Waals surface area contributed by atoms with E-state index in [4.69, 9.17) is 5.73 Å². The van der Waals surface area contributed by atoms with Gasteiger partial charge in [0.2, 0.25) is 5.88 Å². The lowest BCUT2D eigenvalue weighted by atomic mass is 10.2. The Bertz CT molecular complexity index is 330. The molecular formula is C8H12FN3O. The normalized spacial score (nSPS) is 13.2. The van der Waals surface area contributed by atoms with Crippen molar-refractivity contribution >= 4 is 11.7 Å². The highest BCUT2D eigenvalue weighted by molar-refractivity contribution is 5.46. The molecule has 0 saturated heterocycles. The van der Waals surface area contributed by atoms with Gasteiger partial charge in [-0.05, 0) is 0 Å². The summed E-state index contributed by atoms with van der Waals surface area (Å²) < 4.78 is 14.1. The van der Waals surface area contributed by atoms with Crippen LogP contribution in [0.3, 0.4) is 0 Å². The fourth-order valence-corrected chi connectivity index (χ4v) is 0.850. The first-order valence-corrected chi connectivity index (χ1v) is 3.92. The quantitative estimate of drug-likeness (QED) is 0.690. The fraction of sp³-hybridized carbons (Fsp3) is 0.375. The van der Waals surface area contributed by atoms with Crippen LogP contribution in [0.25, 0.3) is 5.88 Å². The molecule has 1 heterocycles. The molecule has 0 aromatic carbocycles. The van der Waals surface area contributed by atoms with Crippen LogP contribution in [0.4, 0.5) is 10.2 Å². The number of aromatic nitrogens is 2. The minimum Gasteiger partial charge on any atom is -0.491 e. The van der Waals surface area contributed by atoms with Gasteiger partial charge in [0.1, 0.15) is 5.82 Å². The van der Waals surface area contributed by atoms with E-state index < -0.39 is 11.7 Å². The number of nitrogens with zero attached hydrogens (tertiary/aromatic N) is 2. The highest BCUT2D eigenvalue weighted by Crippen LogP contribution is 2.19. The maximum absolute atomic E-state index is 13.2. The van der Waals surface area contributed by atoms with Gasteiger partial charge in [0, 0.05) is 12.0 Å². The van der Waals surface area contributed by atoms with Crippen LogP contribution in [0, 0.1) is 5.92 Å². The van der Waals surface area contributed by atoms with Crippen molar-refractivity contribution in [1.29, 1.82) is 0 Å². The highest BCUT2D eigenvalue weighted by atomic mass is 19.1. The van der Waals surface area contributed by atoms with Crippen molar-refractivity contribution in [3.8, 4) is 0 Å². The van der Waals surface area contributed by atoms with Crippen LogP contribution in [0.2, 0.25) is 0 Å². The third-order valence-electron chi connectivity index (χ3n) is 1.59. The predicted octanol–water partition coefficient (Wildman–Crippen LogP) is 1.77. The first-order chi connectivity index (χ1) is 6.04. The van der Waals surface area contributed by atoms with Crippen molar-refractivity contribution in [2.24, 2.45) is 5.92 Å². The Morgan fingerprint density at radius 3 is 2.69 bits per heavy atom. The Kier molecular flexibility index (Phi) is 2.55. The van der Waals surface area contributed by atoms with E-state index in [0.29, 0.717) is 0 Å². The monoisotopic (exact) mass is 185 g/mol. The smallest absolute Gasteiger partial charge is 0.246 e. The van der Waals surface area contributed by atoms with Crippen molar-refractivity contribution in [2.45, 2.75) is 13.8 Å². The Morgan fingerprint density at radius 1 is 1.69 bits per heavy atom. The molecule has 0 radical (unpaired) electrons. The summed E-state index contributed by atoms with van der Waals surface area (Å²) in [7, 11) is 0. The van der Waals surface area contributed by atoms with Gasteiger partial charge in [0.25, 0.3) is 0 Å². The molecule has 0 spiro atoms. The van der Waals surface area contributed by atoms with Gasteiger partial charge in [-0.25, -0.2) is 4.39 Å². The van der Waals surface area contributed by atoms with E-state index in [-0.39, 0.29) is 11.7 Å². The number of nitrogen functional groups attached to an aromatic ring is 1. The molecule has 0 aliphatic rings. The van der Waals surface area contributed by atoms with Gasteiger partial charge < -0.3 is 10.8 Å². The first-order valence-electron chi connectivity index (χ1n) is 3.92. The molecule has 0 aliphatic heterocycles. The largest absolute Gasteiger partial charge is 0.491 e. The van der Waals surface area contributed by atoms with Crippen LogP contribution in [-0.4, -0.2) is 14.9 Å². The van der Waals surface area contributed by atoms with E-state index in [1.165, 1.54) is 12.3 Å². The summed E-state index contributed by atoms with van der Waals surface area (Å²) in [4.78, 5) is 0. The predicted molar refractivity (Wildman–Crippen MR) is 48.4 cm³/mol. The van der Waals surface area contributed by atoms with E-state index in [1.807, 2.05) is 0 Å². The molecule has 0 saturated carbocycles. The molecule has 5 heteroatoms. The van der Waals surface area contributed by atoms with Crippen LogP contribution < -0.4 is 5.73 Å². The highest BCUT2D eigenvalue weighted by Gasteiger charge is 2.13. The summed E-state index contributed by atoms with van der Waals surface area (Å²) in [5, 5.41) is 13.0. The lowest BCUT2D eigenvalue weighted by Gasteiger charge is -2.06. The average Bonchev–Trinajstić information content (AvgIpc) is 2.48. The van der Waals surface area contributed by atoms with Gasteiger partial charge in [-0.1, -0.05) is 13.8 Å². The Hall–Kier alpha value is -1.52. The molecule has 1 rings (SSSR count). The van der Waals surface area contributed by atoms with Crippen molar-refractivity contribution in [1.82, 2.24) is 9.78 Å². The summed E-state index contributed by atoms with van der Waals surface area (Å²) in [5.74, 6) is -1.36. The molecule has 0 fully saturated rings. The molecule has 0 aliphatic carbocycles. The summed E-state index contributed by atoms with van der Waals surface area (Å²) in [6, 6.07) is 1.48. The number of halogens is 1. The van der Waals surface area contributed by atoms with E-state index >= 15 is 0 Å². The Labute approximate surface area is 75.5 Å². The number of rotatable bonds is 2. The van der Waals surface area contributed by atoms with E-state index in [2.05, 4.69) is 5.10 Å². The molecule has 1 aromatic heterocycles. The summed E-state index contributed by atoms with van der Waals surface area (Å²) in [5.41, 5.74) is 5.42. The zero-order valence-electron chi connectivity index (χ0n) is 7.53. The third-order valence-corrected chi connectivity index (χ3v) is 1.59. The Balaban J connectivity index is 3.10. The van der Waals surface area contributed by atoms with E-state index in [1.54, 1.807) is 13.8 Å². The lowest BCUT2D eigenvalue weighted by molar-refractivity contribution is 0.405. The summed E-state index contributed by atoms with van der Waals surface area (Å²) >= 11 is 0. The molecule has 13 heavy (non-hydrogen) atoms. The molecule has 72 valence electrons. The van der Waals surface area contributed by atoms with Crippen LogP contribution in [0.5, 0.6) is 0 Å². The van der Waals surface area contributed by atoms with Gasteiger partial charge in [0.05, 0.1) is 6.20 Å². The second-order valence-corrected chi connectivity index (χ2v) is 2.99. The van der Waals surface area contributed by atoms with Crippen molar-refractivity contribution in [3.05, 3.63) is 18.1 Å². The molecule has 0 unspecified atom stereocenters. The number of allylic oxidation sites excluding steroid dienone is 1. The maximum Gasteiger partial charge on any atom is 0.246 e. The van der Waals surface area contributed by atoms with Crippen molar-refractivity contribution in [2.75, 3.05) is 5.73 Å². The average molecular weight is 185 g/mol. The number of aliphatic hydroxyl groups excluding tert-OH is 1. The SMILES string of the molecule is CC(C)/C(F)=C(/O)n1nccc1N. The minimum absolute atomic E-state index is 0.202. The molecular weight excluding hydrogens is 173 g/mol. The first kappa shape index (κ1) is 9.57. The van der Waals surface area contributed by atoms with Crippen LogP contribution in [-0.2, 0) is 0 Å². The number of anilines is 1. The zero-order chi connectivity index (χ0) is 10.0. The second-order valence-electron chi connectivity index (χ2n) is 2.99. The maximum atomic E-state index is 13.2. The van der Waals surface area contributed by atoms with Gasteiger partial charge >= 0.3 is 0 Å². The molecule has 0 atom stereocenters. The van der Waals surface area contributed by atoms with Gasteiger partial charge in [-0.3, -0.25) is 0 Å². The summed E-state index contributed by atoms with van der Waals surface area (Å²) in [6.07, 6.45) is 1.39. The number of nitrogens with two attached hydrogens (primary N) is 1. The van der Waals surface area contributed by atoms with E-state index in [9.17, 15) is 9.50 Å². The molecule has 1 aromatic rings. The Morgan fingerprint density at radius 2 is 2.31 bits per heavy atom.